The van der Waals surface area contributed by atoms with Gasteiger partial charge in [0, 0.05) is 18.5 Å². The highest BCUT2D eigenvalue weighted by molar-refractivity contribution is 14.0. The molecule has 2 atom stereocenters. The van der Waals surface area contributed by atoms with E-state index < -0.39 is 0 Å². The van der Waals surface area contributed by atoms with Crippen LogP contribution < -0.4 is 10.6 Å². The summed E-state index contributed by atoms with van der Waals surface area (Å²) in [5.41, 5.74) is 2.58. The van der Waals surface area contributed by atoms with E-state index in [-0.39, 0.29) is 24.0 Å². The standard InChI is InChI=1S/C18H24N4S.HI/c1-12-13(2)23-17(22-12)11-21-18(19-3)20-10-15-9-16(15)14-7-5-4-6-8-14;/h4-8,15-16H,9-11H2,1-3H3,(H2,19,20,21);1H. The number of nitrogens with one attached hydrogen (secondary N) is 2. The maximum atomic E-state index is 4.55. The van der Waals surface area contributed by atoms with E-state index in [4.69, 9.17) is 0 Å². The van der Waals surface area contributed by atoms with Crippen molar-refractivity contribution in [3.8, 4) is 0 Å². The smallest absolute Gasteiger partial charge is 0.191 e. The Morgan fingerprint density at radius 3 is 2.62 bits per heavy atom. The number of aliphatic imine (C=N–C) groups is 1. The molecular weight excluding hydrogens is 431 g/mol. The SMILES string of the molecule is CN=C(NCc1nc(C)c(C)s1)NCC1CC1c1ccccc1.I. The molecule has 1 aliphatic carbocycles. The molecule has 0 bridgehead atoms. The molecule has 0 amide bonds. The molecule has 1 aliphatic rings. The molecule has 1 saturated carbocycles. The van der Waals surface area contributed by atoms with Crippen LogP contribution in [0, 0.1) is 19.8 Å². The Labute approximate surface area is 165 Å². The summed E-state index contributed by atoms with van der Waals surface area (Å²) in [7, 11) is 1.81. The molecule has 0 saturated heterocycles. The monoisotopic (exact) mass is 456 g/mol. The fourth-order valence-corrected chi connectivity index (χ4v) is 3.68. The average Bonchev–Trinajstić information content (AvgIpc) is 3.28. The predicted molar refractivity (Wildman–Crippen MR) is 112 cm³/mol. The van der Waals surface area contributed by atoms with Crippen LogP contribution in [0.1, 0.15) is 33.5 Å². The lowest BCUT2D eigenvalue weighted by atomic mass is 10.1. The van der Waals surface area contributed by atoms with E-state index in [1.807, 2.05) is 7.05 Å². The van der Waals surface area contributed by atoms with Crippen molar-refractivity contribution in [1.82, 2.24) is 15.6 Å². The fourth-order valence-electron chi connectivity index (χ4n) is 2.80. The number of aryl methyl sites for hydroxylation is 2. The quantitative estimate of drug-likeness (QED) is 0.408. The van der Waals surface area contributed by atoms with Gasteiger partial charge in [0.05, 0.1) is 12.2 Å². The lowest BCUT2D eigenvalue weighted by Crippen LogP contribution is -2.38. The molecule has 24 heavy (non-hydrogen) atoms. The summed E-state index contributed by atoms with van der Waals surface area (Å²) in [4.78, 5) is 10.1. The second-order valence-corrected chi connectivity index (χ2v) is 7.36. The molecule has 1 heterocycles. The molecule has 0 radical (unpaired) electrons. The van der Waals surface area contributed by atoms with Gasteiger partial charge in [-0.05, 0) is 37.7 Å². The van der Waals surface area contributed by atoms with Gasteiger partial charge < -0.3 is 10.6 Å². The Morgan fingerprint density at radius 2 is 2.00 bits per heavy atom. The molecule has 1 fully saturated rings. The zero-order valence-electron chi connectivity index (χ0n) is 14.4. The number of guanidine groups is 1. The summed E-state index contributed by atoms with van der Waals surface area (Å²) >= 11 is 1.74. The third kappa shape index (κ3) is 4.92. The highest BCUT2D eigenvalue weighted by Crippen LogP contribution is 2.46. The fraction of sp³-hybridized carbons (Fsp3) is 0.444. The van der Waals surface area contributed by atoms with E-state index in [1.54, 1.807) is 11.3 Å². The van der Waals surface area contributed by atoms with Crippen LogP contribution in [0.4, 0.5) is 0 Å². The Hall–Kier alpha value is -1.15. The first-order chi connectivity index (χ1) is 11.2. The molecule has 6 heteroatoms. The van der Waals surface area contributed by atoms with Gasteiger partial charge >= 0.3 is 0 Å². The molecular formula is C18H25IN4S. The molecule has 3 rings (SSSR count). The van der Waals surface area contributed by atoms with E-state index in [2.05, 4.69) is 64.8 Å². The van der Waals surface area contributed by atoms with Crippen LogP contribution in [0.3, 0.4) is 0 Å². The zero-order valence-corrected chi connectivity index (χ0v) is 17.5. The van der Waals surface area contributed by atoms with Crippen molar-refractivity contribution in [2.45, 2.75) is 32.7 Å². The summed E-state index contributed by atoms with van der Waals surface area (Å²) in [5, 5.41) is 7.90. The maximum absolute atomic E-state index is 4.55. The lowest BCUT2D eigenvalue weighted by molar-refractivity contribution is 0.718. The van der Waals surface area contributed by atoms with Gasteiger partial charge in [-0.2, -0.15) is 0 Å². The number of halogens is 1. The molecule has 2 unspecified atom stereocenters. The second-order valence-electron chi connectivity index (χ2n) is 6.07. The van der Waals surface area contributed by atoms with E-state index in [0.29, 0.717) is 11.8 Å². The largest absolute Gasteiger partial charge is 0.356 e. The highest BCUT2D eigenvalue weighted by atomic mass is 127. The summed E-state index contributed by atoms with van der Waals surface area (Å²) in [5.74, 6) is 2.26. The van der Waals surface area contributed by atoms with E-state index >= 15 is 0 Å². The minimum atomic E-state index is 0. The lowest BCUT2D eigenvalue weighted by Gasteiger charge is -2.10. The van der Waals surface area contributed by atoms with E-state index in [1.165, 1.54) is 16.9 Å². The van der Waals surface area contributed by atoms with Crippen LogP contribution in [-0.2, 0) is 6.54 Å². The van der Waals surface area contributed by atoms with Crippen LogP contribution in [-0.4, -0.2) is 24.5 Å². The zero-order chi connectivity index (χ0) is 16.2. The predicted octanol–water partition coefficient (Wildman–Crippen LogP) is 3.85. The first-order valence-electron chi connectivity index (χ1n) is 8.09. The second kappa shape index (κ2) is 8.80. The third-order valence-corrected chi connectivity index (χ3v) is 5.46. The number of nitrogens with zero attached hydrogens (tertiary/aromatic N) is 2. The Kier molecular flexibility index (Phi) is 7.03. The van der Waals surface area contributed by atoms with Gasteiger partial charge in [0.15, 0.2) is 5.96 Å². The van der Waals surface area contributed by atoms with Crippen molar-refractivity contribution in [1.29, 1.82) is 0 Å². The van der Waals surface area contributed by atoms with Gasteiger partial charge in [-0.3, -0.25) is 4.99 Å². The van der Waals surface area contributed by atoms with Crippen molar-refractivity contribution < 1.29 is 0 Å². The molecule has 1 aromatic carbocycles. The minimum Gasteiger partial charge on any atom is -0.356 e. The Balaban J connectivity index is 0.00000208. The number of thiazole rings is 1. The summed E-state index contributed by atoms with van der Waals surface area (Å²) < 4.78 is 0. The summed E-state index contributed by atoms with van der Waals surface area (Å²) in [6.45, 7) is 5.86. The molecule has 1 aromatic heterocycles. The van der Waals surface area contributed by atoms with Gasteiger partial charge in [-0.25, -0.2) is 4.98 Å². The van der Waals surface area contributed by atoms with Crippen molar-refractivity contribution in [2.75, 3.05) is 13.6 Å². The number of aromatic nitrogens is 1. The highest BCUT2D eigenvalue weighted by Gasteiger charge is 2.37. The van der Waals surface area contributed by atoms with E-state index in [0.717, 1.165) is 29.8 Å². The number of hydrogen-bond acceptors (Lipinski definition) is 3. The van der Waals surface area contributed by atoms with Crippen molar-refractivity contribution in [2.24, 2.45) is 10.9 Å². The van der Waals surface area contributed by atoms with E-state index in [9.17, 15) is 0 Å². The number of benzene rings is 1. The summed E-state index contributed by atoms with van der Waals surface area (Å²) in [6.07, 6.45) is 1.26. The molecule has 130 valence electrons. The van der Waals surface area contributed by atoms with Gasteiger partial charge in [-0.1, -0.05) is 30.3 Å². The van der Waals surface area contributed by atoms with Crippen LogP contribution >= 0.6 is 35.3 Å². The van der Waals surface area contributed by atoms with Gasteiger partial charge in [0.1, 0.15) is 5.01 Å². The number of hydrogen-bond donors (Lipinski definition) is 2. The normalized spacial score (nSPS) is 19.5. The first-order valence-corrected chi connectivity index (χ1v) is 8.91. The Bertz CT molecular complexity index is 664. The Morgan fingerprint density at radius 1 is 1.25 bits per heavy atom. The molecule has 4 nitrogen and oxygen atoms in total. The third-order valence-electron chi connectivity index (χ3n) is 4.39. The molecule has 2 aromatic rings. The minimum absolute atomic E-state index is 0. The molecule has 0 aliphatic heterocycles. The summed E-state index contributed by atoms with van der Waals surface area (Å²) in [6, 6.07) is 10.8. The van der Waals surface area contributed by atoms with Crippen molar-refractivity contribution in [3.63, 3.8) is 0 Å². The molecule has 2 N–H and O–H groups in total. The maximum Gasteiger partial charge on any atom is 0.191 e. The topological polar surface area (TPSA) is 49.3 Å². The first kappa shape index (κ1) is 19.2. The van der Waals surface area contributed by atoms with Crippen LogP contribution in [0.2, 0.25) is 0 Å². The molecule has 0 spiro atoms. The average molecular weight is 456 g/mol. The van der Waals surface area contributed by atoms with Crippen LogP contribution in [0.25, 0.3) is 0 Å². The van der Waals surface area contributed by atoms with Crippen LogP contribution in [0.5, 0.6) is 0 Å². The number of rotatable bonds is 5. The van der Waals surface area contributed by atoms with Gasteiger partial charge in [0.25, 0.3) is 0 Å². The van der Waals surface area contributed by atoms with Gasteiger partial charge in [0.2, 0.25) is 0 Å². The van der Waals surface area contributed by atoms with Crippen molar-refractivity contribution in [3.05, 3.63) is 51.5 Å². The van der Waals surface area contributed by atoms with Gasteiger partial charge in [-0.15, -0.1) is 35.3 Å². The van der Waals surface area contributed by atoms with Crippen molar-refractivity contribution >= 4 is 41.3 Å². The van der Waals surface area contributed by atoms with Crippen LogP contribution in [0.15, 0.2) is 35.3 Å².